The smallest absolute Gasteiger partial charge is 0.256 e. The van der Waals surface area contributed by atoms with Crippen LogP contribution in [0.1, 0.15) is 29.6 Å². The SMILES string of the molecule is NS(=O)(=O)c1ccc(F)c(C(=O)N2CC[C@]3(CCCNC3=O)C2)c1. The Balaban J connectivity index is 1.87. The molecule has 130 valence electrons. The van der Waals surface area contributed by atoms with E-state index in [9.17, 15) is 22.4 Å². The molecule has 2 fully saturated rings. The van der Waals surface area contributed by atoms with Gasteiger partial charge in [0.1, 0.15) is 5.82 Å². The molecule has 2 heterocycles. The Labute approximate surface area is 139 Å². The van der Waals surface area contributed by atoms with E-state index < -0.39 is 27.2 Å². The summed E-state index contributed by atoms with van der Waals surface area (Å²) >= 11 is 0. The first-order chi connectivity index (χ1) is 11.2. The third kappa shape index (κ3) is 2.89. The number of nitrogens with one attached hydrogen (secondary N) is 1. The highest BCUT2D eigenvalue weighted by Gasteiger charge is 2.47. The quantitative estimate of drug-likeness (QED) is 0.790. The molecular formula is C15H18FN3O4S. The van der Waals surface area contributed by atoms with Crippen LogP contribution < -0.4 is 10.5 Å². The number of carbonyl (C=O) groups excluding carboxylic acids is 2. The molecular weight excluding hydrogens is 337 g/mol. The van der Waals surface area contributed by atoms with Crippen molar-refractivity contribution in [2.45, 2.75) is 24.2 Å². The van der Waals surface area contributed by atoms with Crippen LogP contribution in [-0.2, 0) is 14.8 Å². The first-order valence-electron chi connectivity index (χ1n) is 7.63. The van der Waals surface area contributed by atoms with Gasteiger partial charge in [-0.15, -0.1) is 0 Å². The maximum absolute atomic E-state index is 14.0. The molecule has 0 aliphatic carbocycles. The number of likely N-dealkylation sites (tertiary alicyclic amines) is 1. The minimum Gasteiger partial charge on any atom is -0.356 e. The molecule has 2 saturated heterocycles. The molecule has 1 aromatic rings. The summed E-state index contributed by atoms with van der Waals surface area (Å²) in [5, 5.41) is 7.84. The predicted molar refractivity (Wildman–Crippen MR) is 83.0 cm³/mol. The largest absolute Gasteiger partial charge is 0.356 e. The van der Waals surface area contributed by atoms with E-state index in [1.54, 1.807) is 0 Å². The van der Waals surface area contributed by atoms with Gasteiger partial charge >= 0.3 is 0 Å². The van der Waals surface area contributed by atoms with Crippen LogP contribution in [0.25, 0.3) is 0 Å². The van der Waals surface area contributed by atoms with E-state index >= 15 is 0 Å². The van der Waals surface area contributed by atoms with Crippen molar-refractivity contribution in [2.75, 3.05) is 19.6 Å². The molecule has 9 heteroatoms. The lowest BCUT2D eigenvalue weighted by Crippen LogP contribution is -2.47. The minimum atomic E-state index is -4.04. The lowest BCUT2D eigenvalue weighted by molar-refractivity contribution is -0.132. The zero-order valence-electron chi connectivity index (χ0n) is 12.9. The summed E-state index contributed by atoms with van der Waals surface area (Å²) in [5.41, 5.74) is -0.975. The second kappa shape index (κ2) is 5.82. The summed E-state index contributed by atoms with van der Waals surface area (Å²) in [4.78, 5) is 25.8. The van der Waals surface area contributed by atoms with Crippen molar-refractivity contribution in [3.8, 4) is 0 Å². The van der Waals surface area contributed by atoms with Gasteiger partial charge in [0.25, 0.3) is 5.91 Å². The first-order valence-corrected chi connectivity index (χ1v) is 9.18. The van der Waals surface area contributed by atoms with Crippen LogP contribution in [0.2, 0.25) is 0 Å². The Morgan fingerprint density at radius 3 is 2.75 bits per heavy atom. The van der Waals surface area contributed by atoms with Crippen LogP contribution >= 0.6 is 0 Å². The van der Waals surface area contributed by atoms with Crippen LogP contribution in [-0.4, -0.2) is 44.8 Å². The molecule has 0 unspecified atom stereocenters. The fourth-order valence-corrected chi connectivity index (χ4v) is 3.92. The van der Waals surface area contributed by atoms with Crippen LogP contribution in [0.4, 0.5) is 4.39 Å². The zero-order chi connectivity index (χ0) is 17.5. The molecule has 0 radical (unpaired) electrons. The minimum absolute atomic E-state index is 0.0807. The van der Waals surface area contributed by atoms with Gasteiger partial charge in [-0.2, -0.15) is 0 Å². The summed E-state index contributed by atoms with van der Waals surface area (Å²) in [6.07, 6.45) is 2.03. The number of primary sulfonamides is 1. The lowest BCUT2D eigenvalue weighted by Gasteiger charge is -2.32. The van der Waals surface area contributed by atoms with Gasteiger partial charge in [0.05, 0.1) is 15.9 Å². The van der Waals surface area contributed by atoms with E-state index in [1.807, 2.05) is 0 Å². The normalized spacial score (nSPS) is 24.2. The van der Waals surface area contributed by atoms with Gasteiger partial charge in [0.2, 0.25) is 15.9 Å². The second-order valence-corrected chi connectivity index (χ2v) is 7.86. The number of nitrogens with two attached hydrogens (primary N) is 1. The van der Waals surface area contributed by atoms with Gasteiger partial charge < -0.3 is 10.2 Å². The molecule has 1 aromatic carbocycles. The molecule has 0 bridgehead atoms. The van der Waals surface area contributed by atoms with E-state index in [2.05, 4.69) is 5.32 Å². The van der Waals surface area contributed by atoms with E-state index in [0.29, 0.717) is 25.9 Å². The highest BCUT2D eigenvalue weighted by atomic mass is 32.2. The average molecular weight is 355 g/mol. The Bertz CT molecular complexity index is 811. The van der Waals surface area contributed by atoms with Crippen molar-refractivity contribution in [1.29, 1.82) is 0 Å². The zero-order valence-corrected chi connectivity index (χ0v) is 13.7. The lowest BCUT2D eigenvalue weighted by atomic mass is 9.79. The van der Waals surface area contributed by atoms with E-state index in [4.69, 9.17) is 5.14 Å². The summed E-state index contributed by atoms with van der Waals surface area (Å²) in [6, 6.07) is 2.87. The highest BCUT2D eigenvalue weighted by molar-refractivity contribution is 7.89. The summed E-state index contributed by atoms with van der Waals surface area (Å²) < 4.78 is 36.8. The first kappa shape index (κ1) is 16.8. The van der Waals surface area contributed by atoms with Crippen molar-refractivity contribution in [2.24, 2.45) is 10.6 Å². The van der Waals surface area contributed by atoms with Gasteiger partial charge in [-0.05, 0) is 37.5 Å². The van der Waals surface area contributed by atoms with Gasteiger partial charge in [0, 0.05) is 19.6 Å². The number of amides is 2. The molecule has 1 atom stereocenters. The average Bonchev–Trinajstić information content (AvgIpc) is 2.94. The Morgan fingerprint density at radius 2 is 2.08 bits per heavy atom. The topological polar surface area (TPSA) is 110 Å². The number of hydrogen-bond acceptors (Lipinski definition) is 4. The standard InChI is InChI=1S/C15H18FN3O4S/c16-12-3-2-10(24(17,22)23)8-11(12)13(20)19-7-5-15(9-19)4-1-6-18-14(15)21/h2-3,8H,1,4-7,9H2,(H,18,21)(H2,17,22,23)/t15-/m1/s1. The number of benzene rings is 1. The van der Waals surface area contributed by atoms with Gasteiger partial charge in [-0.25, -0.2) is 17.9 Å². The van der Waals surface area contributed by atoms with E-state index in [1.165, 1.54) is 4.90 Å². The molecule has 0 aromatic heterocycles. The van der Waals surface area contributed by atoms with Crippen LogP contribution in [0.15, 0.2) is 23.1 Å². The molecule has 3 N–H and O–H groups in total. The van der Waals surface area contributed by atoms with Crippen molar-refractivity contribution in [1.82, 2.24) is 10.2 Å². The molecule has 3 rings (SSSR count). The number of rotatable bonds is 2. The van der Waals surface area contributed by atoms with Crippen molar-refractivity contribution < 1.29 is 22.4 Å². The molecule has 24 heavy (non-hydrogen) atoms. The van der Waals surface area contributed by atoms with Gasteiger partial charge in [-0.3, -0.25) is 9.59 Å². The van der Waals surface area contributed by atoms with E-state index in [0.717, 1.165) is 24.6 Å². The summed E-state index contributed by atoms with van der Waals surface area (Å²) in [5.74, 6) is -1.53. The maximum Gasteiger partial charge on any atom is 0.256 e. The number of sulfonamides is 1. The van der Waals surface area contributed by atoms with Crippen molar-refractivity contribution in [3.63, 3.8) is 0 Å². The summed E-state index contributed by atoms with van der Waals surface area (Å²) in [6.45, 7) is 1.15. The highest BCUT2D eigenvalue weighted by Crippen LogP contribution is 2.38. The Hall–Kier alpha value is -2.00. The fourth-order valence-electron chi connectivity index (χ4n) is 3.38. The van der Waals surface area contributed by atoms with Gasteiger partial charge in [0.15, 0.2) is 0 Å². The number of hydrogen-bond donors (Lipinski definition) is 2. The molecule has 7 nitrogen and oxygen atoms in total. The maximum atomic E-state index is 14.0. The predicted octanol–water partition coefficient (Wildman–Crippen LogP) is 0.215. The third-order valence-corrected chi connectivity index (χ3v) is 5.65. The molecule has 1 spiro atoms. The van der Waals surface area contributed by atoms with Crippen LogP contribution in [0.5, 0.6) is 0 Å². The Kier molecular flexibility index (Phi) is 4.08. The van der Waals surface area contributed by atoms with E-state index in [-0.39, 0.29) is 22.9 Å². The molecule has 0 saturated carbocycles. The number of halogens is 1. The van der Waals surface area contributed by atoms with Crippen LogP contribution in [0, 0.1) is 11.2 Å². The molecule has 2 aliphatic rings. The number of carbonyl (C=O) groups is 2. The fraction of sp³-hybridized carbons (Fsp3) is 0.467. The summed E-state index contributed by atoms with van der Waals surface area (Å²) in [7, 11) is -4.04. The number of piperidine rings is 1. The Morgan fingerprint density at radius 1 is 1.33 bits per heavy atom. The molecule has 2 aliphatic heterocycles. The number of nitrogens with zero attached hydrogens (tertiary/aromatic N) is 1. The monoisotopic (exact) mass is 355 g/mol. The second-order valence-electron chi connectivity index (χ2n) is 6.30. The third-order valence-electron chi connectivity index (χ3n) is 4.74. The van der Waals surface area contributed by atoms with Crippen LogP contribution in [0.3, 0.4) is 0 Å². The van der Waals surface area contributed by atoms with Crippen molar-refractivity contribution in [3.05, 3.63) is 29.6 Å². The van der Waals surface area contributed by atoms with Gasteiger partial charge in [-0.1, -0.05) is 0 Å². The molecule has 2 amide bonds. The van der Waals surface area contributed by atoms with Crippen molar-refractivity contribution >= 4 is 21.8 Å².